The van der Waals surface area contributed by atoms with Gasteiger partial charge in [-0.1, -0.05) is 62.7 Å². The number of benzene rings is 2. The van der Waals surface area contributed by atoms with Crippen LogP contribution in [-0.2, 0) is 0 Å². The maximum absolute atomic E-state index is 12.2. The Kier molecular flexibility index (Phi) is 4.14. The van der Waals surface area contributed by atoms with Crippen LogP contribution in [0.3, 0.4) is 0 Å². The van der Waals surface area contributed by atoms with Crippen molar-refractivity contribution in [3.63, 3.8) is 0 Å². The molecule has 0 heterocycles. The molecule has 18 heavy (non-hydrogen) atoms. The highest BCUT2D eigenvalue weighted by atomic mass is 16.1. The molecule has 0 bridgehead atoms. The Morgan fingerprint density at radius 1 is 1.06 bits per heavy atom. The summed E-state index contributed by atoms with van der Waals surface area (Å²) in [7, 11) is 0. The second-order valence-electron chi connectivity index (χ2n) is 5.24. The Bertz CT molecular complexity index is 535. The SMILES string of the molecule is CC(C)CCCC(=O)c1cccc2ccccc12. The van der Waals surface area contributed by atoms with Crippen molar-refractivity contribution in [3.8, 4) is 0 Å². The van der Waals surface area contributed by atoms with E-state index in [1.165, 1.54) is 0 Å². The zero-order chi connectivity index (χ0) is 13.0. The Morgan fingerprint density at radius 3 is 2.56 bits per heavy atom. The first-order valence-corrected chi connectivity index (χ1v) is 6.69. The van der Waals surface area contributed by atoms with Crippen LogP contribution < -0.4 is 0 Å². The lowest BCUT2D eigenvalue weighted by atomic mass is 9.97. The van der Waals surface area contributed by atoms with Gasteiger partial charge in [0.05, 0.1) is 0 Å². The predicted octanol–water partition coefficient (Wildman–Crippen LogP) is 4.85. The van der Waals surface area contributed by atoms with Gasteiger partial charge in [0.2, 0.25) is 0 Å². The van der Waals surface area contributed by atoms with Crippen molar-refractivity contribution >= 4 is 16.6 Å². The van der Waals surface area contributed by atoms with Gasteiger partial charge >= 0.3 is 0 Å². The fraction of sp³-hybridized carbons (Fsp3) is 0.353. The van der Waals surface area contributed by atoms with E-state index in [4.69, 9.17) is 0 Å². The molecule has 0 fully saturated rings. The zero-order valence-electron chi connectivity index (χ0n) is 11.1. The van der Waals surface area contributed by atoms with Crippen LogP contribution in [-0.4, -0.2) is 5.78 Å². The molecule has 0 aliphatic carbocycles. The molecule has 0 spiro atoms. The predicted molar refractivity (Wildman–Crippen MR) is 77.0 cm³/mol. The molecule has 0 saturated heterocycles. The quantitative estimate of drug-likeness (QED) is 0.683. The Balaban J connectivity index is 2.17. The monoisotopic (exact) mass is 240 g/mol. The van der Waals surface area contributed by atoms with Gasteiger partial charge in [-0.25, -0.2) is 0 Å². The van der Waals surface area contributed by atoms with Gasteiger partial charge in [0.15, 0.2) is 5.78 Å². The minimum atomic E-state index is 0.271. The van der Waals surface area contributed by atoms with E-state index in [9.17, 15) is 4.79 Å². The van der Waals surface area contributed by atoms with Crippen LogP contribution in [0.5, 0.6) is 0 Å². The van der Waals surface area contributed by atoms with Gasteiger partial charge in [-0.3, -0.25) is 4.79 Å². The molecule has 1 nitrogen and oxygen atoms in total. The second-order valence-corrected chi connectivity index (χ2v) is 5.24. The molecule has 0 saturated carbocycles. The number of carbonyl (C=O) groups excluding carboxylic acids is 1. The topological polar surface area (TPSA) is 17.1 Å². The number of rotatable bonds is 5. The van der Waals surface area contributed by atoms with Gasteiger partial charge in [0, 0.05) is 12.0 Å². The smallest absolute Gasteiger partial charge is 0.163 e. The largest absolute Gasteiger partial charge is 0.294 e. The van der Waals surface area contributed by atoms with Crippen molar-refractivity contribution in [2.24, 2.45) is 5.92 Å². The van der Waals surface area contributed by atoms with E-state index in [1.54, 1.807) is 0 Å². The number of carbonyl (C=O) groups is 1. The molecular formula is C17H20O. The van der Waals surface area contributed by atoms with E-state index in [-0.39, 0.29) is 5.78 Å². The van der Waals surface area contributed by atoms with Crippen LogP contribution in [0, 0.1) is 5.92 Å². The van der Waals surface area contributed by atoms with E-state index < -0.39 is 0 Å². The molecular weight excluding hydrogens is 220 g/mol. The van der Waals surface area contributed by atoms with E-state index in [1.807, 2.05) is 30.3 Å². The number of ketones is 1. The minimum Gasteiger partial charge on any atom is -0.294 e. The molecule has 0 unspecified atom stereocenters. The van der Waals surface area contributed by atoms with Gasteiger partial charge in [0.25, 0.3) is 0 Å². The lowest BCUT2D eigenvalue weighted by molar-refractivity contribution is 0.0980. The third-order valence-electron chi connectivity index (χ3n) is 3.28. The van der Waals surface area contributed by atoms with Gasteiger partial charge in [0.1, 0.15) is 0 Å². The summed E-state index contributed by atoms with van der Waals surface area (Å²) < 4.78 is 0. The number of hydrogen-bond acceptors (Lipinski definition) is 1. The van der Waals surface area contributed by atoms with E-state index in [0.29, 0.717) is 12.3 Å². The van der Waals surface area contributed by atoms with E-state index in [0.717, 1.165) is 29.2 Å². The highest BCUT2D eigenvalue weighted by molar-refractivity contribution is 6.08. The molecule has 2 aromatic carbocycles. The van der Waals surface area contributed by atoms with E-state index >= 15 is 0 Å². The molecule has 0 amide bonds. The fourth-order valence-corrected chi connectivity index (χ4v) is 2.27. The summed E-state index contributed by atoms with van der Waals surface area (Å²) in [5, 5.41) is 2.22. The Hall–Kier alpha value is -1.63. The van der Waals surface area contributed by atoms with Gasteiger partial charge in [-0.2, -0.15) is 0 Å². The van der Waals surface area contributed by atoms with E-state index in [2.05, 4.69) is 26.0 Å². The van der Waals surface area contributed by atoms with Crippen molar-refractivity contribution in [1.29, 1.82) is 0 Å². The first-order chi connectivity index (χ1) is 8.68. The van der Waals surface area contributed by atoms with Crippen LogP contribution in [0.1, 0.15) is 43.5 Å². The van der Waals surface area contributed by atoms with Crippen LogP contribution in [0.4, 0.5) is 0 Å². The average molecular weight is 240 g/mol. The second kappa shape index (κ2) is 5.81. The van der Waals surface area contributed by atoms with Gasteiger partial charge in [-0.15, -0.1) is 0 Å². The van der Waals surface area contributed by atoms with Crippen molar-refractivity contribution in [2.45, 2.75) is 33.1 Å². The molecule has 0 aliphatic rings. The van der Waals surface area contributed by atoms with Crippen molar-refractivity contribution < 1.29 is 4.79 Å². The molecule has 0 aromatic heterocycles. The summed E-state index contributed by atoms with van der Waals surface area (Å²) in [6.45, 7) is 4.39. The number of Topliss-reactive ketones (excluding diaryl/α,β-unsaturated/α-hetero) is 1. The number of hydrogen-bond donors (Lipinski definition) is 0. The average Bonchev–Trinajstić information content (AvgIpc) is 2.37. The highest BCUT2D eigenvalue weighted by Crippen LogP contribution is 2.20. The maximum Gasteiger partial charge on any atom is 0.163 e. The Labute approximate surface area is 109 Å². The molecule has 0 radical (unpaired) electrons. The highest BCUT2D eigenvalue weighted by Gasteiger charge is 2.09. The maximum atomic E-state index is 12.2. The first kappa shape index (κ1) is 12.8. The summed E-state index contributed by atoms with van der Waals surface area (Å²) in [4.78, 5) is 12.2. The fourth-order valence-electron chi connectivity index (χ4n) is 2.27. The molecule has 2 aromatic rings. The molecule has 0 aliphatic heterocycles. The van der Waals surface area contributed by atoms with Crippen LogP contribution in [0.15, 0.2) is 42.5 Å². The van der Waals surface area contributed by atoms with Crippen molar-refractivity contribution in [1.82, 2.24) is 0 Å². The standard InChI is InChI=1S/C17H20O/c1-13(2)7-5-12-17(18)16-11-6-9-14-8-3-4-10-15(14)16/h3-4,6,8-11,13H,5,7,12H2,1-2H3. The summed E-state index contributed by atoms with van der Waals surface area (Å²) in [6.07, 6.45) is 2.77. The third kappa shape index (κ3) is 2.98. The summed E-state index contributed by atoms with van der Waals surface area (Å²) in [5.74, 6) is 0.942. The molecule has 0 N–H and O–H groups in total. The summed E-state index contributed by atoms with van der Waals surface area (Å²) in [6, 6.07) is 14.1. The molecule has 0 atom stereocenters. The van der Waals surface area contributed by atoms with Gasteiger partial charge in [-0.05, 0) is 23.1 Å². The first-order valence-electron chi connectivity index (χ1n) is 6.69. The van der Waals surface area contributed by atoms with Crippen LogP contribution >= 0.6 is 0 Å². The summed E-state index contributed by atoms with van der Waals surface area (Å²) >= 11 is 0. The van der Waals surface area contributed by atoms with Crippen LogP contribution in [0.2, 0.25) is 0 Å². The van der Waals surface area contributed by atoms with Crippen molar-refractivity contribution in [2.75, 3.05) is 0 Å². The zero-order valence-corrected chi connectivity index (χ0v) is 11.1. The molecule has 1 heteroatoms. The lowest BCUT2D eigenvalue weighted by Crippen LogP contribution is -2.01. The number of fused-ring (bicyclic) bond motifs is 1. The normalized spacial score (nSPS) is 11.1. The lowest BCUT2D eigenvalue weighted by Gasteiger charge is -2.07. The van der Waals surface area contributed by atoms with Gasteiger partial charge < -0.3 is 0 Å². The van der Waals surface area contributed by atoms with Crippen molar-refractivity contribution in [3.05, 3.63) is 48.0 Å². The molecule has 94 valence electrons. The minimum absolute atomic E-state index is 0.271. The summed E-state index contributed by atoms with van der Waals surface area (Å²) in [5.41, 5.74) is 0.872. The van der Waals surface area contributed by atoms with Crippen LogP contribution in [0.25, 0.3) is 10.8 Å². The third-order valence-corrected chi connectivity index (χ3v) is 3.28. The molecule has 2 rings (SSSR count). The Morgan fingerprint density at radius 2 is 1.78 bits per heavy atom.